The summed E-state index contributed by atoms with van der Waals surface area (Å²) in [7, 11) is -0.162. The van der Waals surface area contributed by atoms with Crippen LogP contribution in [0, 0.1) is 0 Å². The SMILES string of the molecule is COc1nc2c(cc1NS(=O)(=O)c1ccc([C@@H]3CCCOC3)cc1)CCN(C)CC2. The van der Waals surface area contributed by atoms with Crippen LogP contribution in [0.2, 0.25) is 0 Å². The van der Waals surface area contributed by atoms with Gasteiger partial charge in [0, 0.05) is 37.7 Å². The predicted molar refractivity (Wildman–Crippen MR) is 116 cm³/mol. The minimum absolute atomic E-state index is 0.222. The van der Waals surface area contributed by atoms with E-state index in [0.29, 0.717) is 24.1 Å². The van der Waals surface area contributed by atoms with Gasteiger partial charge in [0.05, 0.1) is 18.6 Å². The Bertz CT molecular complexity index is 986. The minimum Gasteiger partial charge on any atom is -0.479 e. The Morgan fingerprint density at radius 2 is 1.97 bits per heavy atom. The summed E-state index contributed by atoms with van der Waals surface area (Å²) in [6, 6.07) is 8.95. The van der Waals surface area contributed by atoms with Crippen molar-refractivity contribution in [2.24, 2.45) is 0 Å². The Kier molecular flexibility index (Phi) is 6.26. The van der Waals surface area contributed by atoms with Crippen LogP contribution < -0.4 is 9.46 Å². The fourth-order valence-electron chi connectivity index (χ4n) is 4.08. The quantitative estimate of drug-likeness (QED) is 0.784. The molecule has 1 atom stereocenters. The number of hydrogen-bond donors (Lipinski definition) is 1. The van der Waals surface area contributed by atoms with Crippen molar-refractivity contribution in [2.75, 3.05) is 45.2 Å². The zero-order chi connectivity index (χ0) is 21.1. The van der Waals surface area contributed by atoms with E-state index in [0.717, 1.165) is 62.2 Å². The van der Waals surface area contributed by atoms with Gasteiger partial charge >= 0.3 is 0 Å². The molecule has 1 aromatic carbocycles. The molecular formula is C22H29N3O4S. The highest BCUT2D eigenvalue weighted by atomic mass is 32.2. The van der Waals surface area contributed by atoms with E-state index in [9.17, 15) is 8.42 Å². The second-order valence-electron chi connectivity index (χ2n) is 8.04. The monoisotopic (exact) mass is 431 g/mol. The molecule has 1 aromatic heterocycles. The molecular weight excluding hydrogens is 402 g/mol. The van der Waals surface area contributed by atoms with Gasteiger partial charge in [-0.05, 0) is 55.6 Å². The highest BCUT2D eigenvalue weighted by molar-refractivity contribution is 7.92. The van der Waals surface area contributed by atoms with Crippen molar-refractivity contribution in [2.45, 2.75) is 36.5 Å². The molecule has 2 aliphatic rings. The first kappa shape index (κ1) is 21.1. The van der Waals surface area contributed by atoms with Crippen LogP contribution in [0.3, 0.4) is 0 Å². The molecule has 0 aliphatic carbocycles. The summed E-state index contributed by atoms with van der Waals surface area (Å²) in [6.07, 6.45) is 3.75. The summed E-state index contributed by atoms with van der Waals surface area (Å²) in [5.41, 5.74) is 3.52. The summed E-state index contributed by atoms with van der Waals surface area (Å²) in [4.78, 5) is 7.06. The van der Waals surface area contributed by atoms with Crippen LogP contribution in [-0.4, -0.2) is 58.8 Å². The summed E-state index contributed by atoms with van der Waals surface area (Å²) < 4.78 is 39.7. The summed E-state index contributed by atoms with van der Waals surface area (Å²) in [6.45, 7) is 3.34. The number of rotatable bonds is 5. The standard InChI is InChI=1S/C22H29N3O4S/c1-25-11-9-17-14-21(22(28-2)23-20(17)10-12-25)24-30(26,27)19-7-5-16(6-8-19)18-4-3-13-29-15-18/h5-8,14,18,24H,3-4,9-13,15H2,1-2H3/t18-/m1/s1. The lowest BCUT2D eigenvalue weighted by Gasteiger charge is -2.22. The van der Waals surface area contributed by atoms with Gasteiger partial charge in [0.2, 0.25) is 5.88 Å². The maximum Gasteiger partial charge on any atom is 0.262 e. The lowest BCUT2D eigenvalue weighted by atomic mass is 9.94. The van der Waals surface area contributed by atoms with E-state index in [1.54, 1.807) is 12.1 Å². The van der Waals surface area contributed by atoms with E-state index in [4.69, 9.17) is 9.47 Å². The van der Waals surface area contributed by atoms with Crippen LogP contribution >= 0.6 is 0 Å². The molecule has 3 heterocycles. The smallest absolute Gasteiger partial charge is 0.262 e. The van der Waals surface area contributed by atoms with Crippen molar-refractivity contribution in [1.82, 2.24) is 9.88 Å². The van der Waals surface area contributed by atoms with Gasteiger partial charge < -0.3 is 14.4 Å². The van der Waals surface area contributed by atoms with Gasteiger partial charge in [-0.1, -0.05) is 12.1 Å². The Balaban J connectivity index is 1.57. The van der Waals surface area contributed by atoms with E-state index in [1.165, 1.54) is 7.11 Å². The molecule has 0 bridgehead atoms. The zero-order valence-corrected chi connectivity index (χ0v) is 18.4. The minimum atomic E-state index is -3.75. The molecule has 30 heavy (non-hydrogen) atoms. The third-order valence-electron chi connectivity index (χ3n) is 5.91. The molecule has 2 aromatic rings. The van der Waals surface area contributed by atoms with Gasteiger partial charge in [-0.15, -0.1) is 0 Å². The fraction of sp³-hybridized carbons (Fsp3) is 0.500. The number of sulfonamides is 1. The molecule has 0 amide bonds. The first-order valence-electron chi connectivity index (χ1n) is 10.4. The van der Waals surface area contributed by atoms with Gasteiger partial charge in [0.25, 0.3) is 10.0 Å². The van der Waals surface area contributed by atoms with Crippen molar-refractivity contribution in [3.05, 3.63) is 47.2 Å². The molecule has 162 valence electrons. The van der Waals surface area contributed by atoms with Crippen LogP contribution in [0.1, 0.15) is 35.6 Å². The molecule has 8 heteroatoms. The largest absolute Gasteiger partial charge is 0.479 e. The van der Waals surface area contributed by atoms with Gasteiger partial charge in [0.15, 0.2) is 0 Å². The number of anilines is 1. The predicted octanol–water partition coefficient (Wildman–Crippen LogP) is 2.82. The lowest BCUT2D eigenvalue weighted by Crippen LogP contribution is -2.20. The number of likely N-dealkylation sites (N-methyl/N-ethyl adjacent to an activating group) is 1. The first-order chi connectivity index (χ1) is 14.5. The molecule has 0 saturated carbocycles. The highest BCUT2D eigenvalue weighted by Crippen LogP contribution is 2.30. The topological polar surface area (TPSA) is 80.8 Å². The normalized spacial score (nSPS) is 20.3. The van der Waals surface area contributed by atoms with Crippen LogP contribution in [0.25, 0.3) is 0 Å². The number of benzene rings is 1. The molecule has 0 spiro atoms. The number of nitrogens with zero attached hydrogens (tertiary/aromatic N) is 2. The van der Waals surface area contributed by atoms with Crippen molar-refractivity contribution < 1.29 is 17.9 Å². The van der Waals surface area contributed by atoms with Crippen LogP contribution in [0.5, 0.6) is 5.88 Å². The van der Waals surface area contributed by atoms with Crippen LogP contribution in [0.4, 0.5) is 5.69 Å². The maximum atomic E-state index is 13.0. The number of aromatic nitrogens is 1. The Morgan fingerprint density at radius 1 is 1.20 bits per heavy atom. The van der Waals surface area contributed by atoms with E-state index in [1.807, 2.05) is 18.2 Å². The Hall–Kier alpha value is -2.16. The molecule has 7 nitrogen and oxygen atoms in total. The van der Waals surface area contributed by atoms with Gasteiger partial charge in [0.1, 0.15) is 5.69 Å². The zero-order valence-electron chi connectivity index (χ0n) is 17.6. The second kappa shape index (κ2) is 8.91. The highest BCUT2D eigenvalue weighted by Gasteiger charge is 2.22. The maximum absolute atomic E-state index is 13.0. The van der Waals surface area contributed by atoms with Crippen LogP contribution in [-0.2, 0) is 27.6 Å². The third-order valence-corrected chi connectivity index (χ3v) is 7.29. The third kappa shape index (κ3) is 4.61. The number of nitrogens with one attached hydrogen (secondary N) is 1. The van der Waals surface area contributed by atoms with E-state index in [-0.39, 0.29) is 4.90 Å². The van der Waals surface area contributed by atoms with E-state index in [2.05, 4.69) is 21.7 Å². The van der Waals surface area contributed by atoms with Crippen molar-refractivity contribution in [1.29, 1.82) is 0 Å². The second-order valence-corrected chi connectivity index (χ2v) is 9.73. The molecule has 1 saturated heterocycles. The number of pyridine rings is 1. The number of fused-ring (bicyclic) bond motifs is 1. The van der Waals surface area contributed by atoms with Gasteiger partial charge in [-0.2, -0.15) is 0 Å². The van der Waals surface area contributed by atoms with Crippen molar-refractivity contribution in [3.8, 4) is 5.88 Å². The Labute approximate surface area is 178 Å². The van der Waals surface area contributed by atoms with E-state index < -0.39 is 10.0 Å². The summed E-state index contributed by atoms with van der Waals surface area (Å²) >= 11 is 0. The van der Waals surface area contributed by atoms with E-state index >= 15 is 0 Å². The number of ether oxygens (including phenoxy) is 2. The number of methoxy groups -OCH3 is 1. The van der Waals surface area contributed by atoms with Crippen molar-refractivity contribution >= 4 is 15.7 Å². The average molecular weight is 432 g/mol. The number of hydrogen-bond acceptors (Lipinski definition) is 6. The lowest BCUT2D eigenvalue weighted by molar-refractivity contribution is 0.0804. The molecule has 1 fully saturated rings. The van der Waals surface area contributed by atoms with Crippen molar-refractivity contribution in [3.63, 3.8) is 0 Å². The molecule has 0 radical (unpaired) electrons. The van der Waals surface area contributed by atoms with Gasteiger partial charge in [-0.3, -0.25) is 4.72 Å². The molecule has 0 unspecified atom stereocenters. The molecule has 4 rings (SSSR count). The average Bonchev–Trinajstić information content (AvgIpc) is 2.95. The molecule has 1 N–H and O–H groups in total. The Morgan fingerprint density at radius 3 is 2.67 bits per heavy atom. The summed E-state index contributed by atoms with van der Waals surface area (Å²) in [5.74, 6) is 0.633. The van der Waals surface area contributed by atoms with Crippen LogP contribution in [0.15, 0.2) is 35.2 Å². The summed E-state index contributed by atoms with van der Waals surface area (Å²) in [5, 5.41) is 0. The fourth-order valence-corrected chi connectivity index (χ4v) is 5.13. The van der Waals surface area contributed by atoms with Gasteiger partial charge in [-0.25, -0.2) is 13.4 Å². The first-order valence-corrected chi connectivity index (χ1v) is 11.9. The molecule has 2 aliphatic heterocycles.